The Hall–Kier alpha value is -3.40. The van der Waals surface area contributed by atoms with E-state index in [-0.39, 0.29) is 5.82 Å². The predicted octanol–water partition coefficient (Wildman–Crippen LogP) is 5.22. The lowest BCUT2D eigenvalue weighted by molar-refractivity contribution is 0.626. The van der Waals surface area contributed by atoms with E-state index in [2.05, 4.69) is 40.0 Å². The van der Waals surface area contributed by atoms with Gasteiger partial charge in [0.1, 0.15) is 5.82 Å². The summed E-state index contributed by atoms with van der Waals surface area (Å²) in [6, 6.07) is 25.0. The van der Waals surface area contributed by atoms with Crippen molar-refractivity contribution in [1.82, 2.24) is 9.13 Å². The molecular weight excluding hydrogens is 349 g/mol. The Bertz CT molecular complexity index is 1180. The zero-order valence-corrected chi connectivity index (χ0v) is 15.8. The van der Waals surface area contributed by atoms with Gasteiger partial charge in [-0.3, -0.25) is 4.57 Å². The molecule has 0 aliphatic rings. The highest BCUT2D eigenvalue weighted by Gasteiger charge is 2.12. The molecule has 0 atom stereocenters. The van der Waals surface area contributed by atoms with Crippen LogP contribution in [0.1, 0.15) is 18.1 Å². The molecule has 28 heavy (non-hydrogen) atoms. The number of para-hydroxylation sites is 2. The van der Waals surface area contributed by atoms with Crippen molar-refractivity contribution in [3.05, 3.63) is 108 Å². The van der Waals surface area contributed by atoms with E-state index >= 15 is 0 Å². The van der Waals surface area contributed by atoms with Crippen LogP contribution in [0.5, 0.6) is 0 Å². The third-order valence-electron chi connectivity index (χ3n) is 4.74. The van der Waals surface area contributed by atoms with Gasteiger partial charge in [-0.1, -0.05) is 61.2 Å². The van der Waals surface area contributed by atoms with Gasteiger partial charge >= 0.3 is 0 Å². The molecule has 4 aromatic rings. The van der Waals surface area contributed by atoms with Crippen LogP contribution in [0.4, 0.5) is 4.39 Å². The van der Waals surface area contributed by atoms with Crippen molar-refractivity contribution in [2.45, 2.75) is 20.0 Å². The summed E-state index contributed by atoms with van der Waals surface area (Å²) >= 11 is 0. The van der Waals surface area contributed by atoms with Crippen LogP contribution in [0.25, 0.3) is 16.7 Å². The molecule has 4 heteroatoms. The molecule has 3 nitrogen and oxygen atoms in total. The maximum atomic E-state index is 13.3. The fourth-order valence-electron chi connectivity index (χ4n) is 3.42. The lowest BCUT2D eigenvalue weighted by Crippen LogP contribution is -2.26. The number of hydrogen-bond donors (Lipinski definition) is 0. The van der Waals surface area contributed by atoms with Gasteiger partial charge in [0.15, 0.2) is 0 Å². The van der Waals surface area contributed by atoms with E-state index in [9.17, 15) is 4.39 Å². The lowest BCUT2D eigenvalue weighted by Gasteiger charge is -2.07. The molecule has 0 fully saturated rings. The molecule has 0 bridgehead atoms. The number of rotatable bonds is 5. The lowest BCUT2D eigenvalue weighted by atomic mass is 10.2. The van der Waals surface area contributed by atoms with Crippen LogP contribution in [0.3, 0.4) is 0 Å². The zero-order valence-electron chi connectivity index (χ0n) is 15.8. The highest BCUT2D eigenvalue weighted by atomic mass is 19.1. The first-order chi connectivity index (χ1) is 13.6. The van der Waals surface area contributed by atoms with Crippen molar-refractivity contribution in [2.24, 2.45) is 4.99 Å². The van der Waals surface area contributed by atoms with Crippen LogP contribution in [0, 0.1) is 5.82 Å². The minimum Gasteiger partial charge on any atom is -0.305 e. The summed E-state index contributed by atoms with van der Waals surface area (Å²) in [6.07, 6.45) is 0. The van der Waals surface area contributed by atoms with Gasteiger partial charge in [0, 0.05) is 5.70 Å². The largest absolute Gasteiger partial charge is 0.305 e. The van der Waals surface area contributed by atoms with E-state index in [1.807, 2.05) is 49.4 Å². The Morgan fingerprint density at radius 3 is 2.18 bits per heavy atom. The summed E-state index contributed by atoms with van der Waals surface area (Å²) in [7, 11) is 0. The molecule has 0 N–H and O–H groups in total. The Kier molecular flexibility index (Phi) is 4.94. The molecule has 1 aromatic heterocycles. The number of imidazole rings is 1. The van der Waals surface area contributed by atoms with Crippen molar-refractivity contribution in [3.63, 3.8) is 0 Å². The Labute approximate surface area is 163 Å². The monoisotopic (exact) mass is 371 g/mol. The number of benzene rings is 3. The highest BCUT2D eigenvalue weighted by Crippen LogP contribution is 2.18. The van der Waals surface area contributed by atoms with Crippen molar-refractivity contribution < 1.29 is 4.39 Å². The van der Waals surface area contributed by atoms with Gasteiger partial charge in [-0.15, -0.1) is 0 Å². The molecule has 0 saturated carbocycles. The third kappa shape index (κ3) is 3.54. The van der Waals surface area contributed by atoms with Crippen LogP contribution in [0.2, 0.25) is 0 Å². The first kappa shape index (κ1) is 18.0. The van der Waals surface area contributed by atoms with E-state index in [1.54, 1.807) is 0 Å². The standard InChI is InChI=1S/C24H22FN3/c1-18(2)28-23-11-7-6-10-22(23)27(17-20-12-14-21(25)15-13-20)24(28)26-16-19-8-4-3-5-9-19/h3-15H,1,16-17H2,2H3. The molecule has 0 radical (unpaired) electrons. The average Bonchev–Trinajstić information content (AvgIpc) is 3.02. The van der Waals surface area contributed by atoms with E-state index in [0.717, 1.165) is 33.5 Å². The summed E-state index contributed by atoms with van der Waals surface area (Å²) in [4.78, 5) is 4.94. The van der Waals surface area contributed by atoms with Gasteiger partial charge in [-0.05, 0) is 42.3 Å². The van der Waals surface area contributed by atoms with Crippen molar-refractivity contribution in [2.75, 3.05) is 0 Å². The van der Waals surface area contributed by atoms with Crippen LogP contribution in [0.15, 0.2) is 90.4 Å². The number of nitrogens with zero attached hydrogens (tertiary/aromatic N) is 3. The molecule has 0 aliphatic carbocycles. The molecule has 0 saturated heterocycles. The molecule has 0 amide bonds. The number of halogens is 1. The summed E-state index contributed by atoms with van der Waals surface area (Å²) < 4.78 is 17.6. The zero-order chi connectivity index (χ0) is 19.5. The smallest absolute Gasteiger partial charge is 0.210 e. The molecule has 140 valence electrons. The summed E-state index contributed by atoms with van der Waals surface area (Å²) in [5.41, 5.74) is 6.04. The number of allylic oxidation sites excluding steroid dienone is 1. The van der Waals surface area contributed by atoms with Gasteiger partial charge < -0.3 is 4.57 Å². The second-order valence-electron chi connectivity index (χ2n) is 6.87. The van der Waals surface area contributed by atoms with E-state index < -0.39 is 0 Å². The normalized spacial score (nSPS) is 11.9. The van der Waals surface area contributed by atoms with Crippen molar-refractivity contribution in [1.29, 1.82) is 0 Å². The summed E-state index contributed by atoms with van der Waals surface area (Å²) in [5.74, 6) is -0.230. The molecule has 1 heterocycles. The van der Waals surface area contributed by atoms with Crippen LogP contribution in [-0.4, -0.2) is 9.13 Å². The summed E-state index contributed by atoms with van der Waals surface area (Å²) in [6.45, 7) is 7.33. The van der Waals surface area contributed by atoms with E-state index in [4.69, 9.17) is 4.99 Å². The molecule has 0 aliphatic heterocycles. The molecule has 0 unspecified atom stereocenters. The predicted molar refractivity (Wildman–Crippen MR) is 112 cm³/mol. The Morgan fingerprint density at radius 2 is 1.50 bits per heavy atom. The fourth-order valence-corrected chi connectivity index (χ4v) is 3.42. The van der Waals surface area contributed by atoms with Gasteiger partial charge in [0.25, 0.3) is 0 Å². The number of aromatic nitrogens is 2. The van der Waals surface area contributed by atoms with Gasteiger partial charge in [-0.2, -0.15) is 0 Å². The maximum Gasteiger partial charge on any atom is 0.210 e. The van der Waals surface area contributed by atoms with Crippen LogP contribution >= 0.6 is 0 Å². The average molecular weight is 371 g/mol. The fraction of sp³-hybridized carbons (Fsp3) is 0.125. The van der Waals surface area contributed by atoms with Gasteiger partial charge in [0.05, 0.1) is 24.1 Å². The third-order valence-corrected chi connectivity index (χ3v) is 4.74. The van der Waals surface area contributed by atoms with E-state index in [1.165, 1.54) is 12.1 Å². The molecule has 4 rings (SSSR count). The minimum absolute atomic E-state index is 0.230. The SMILES string of the molecule is C=C(C)n1c(=NCc2ccccc2)n(Cc2ccc(F)cc2)c2ccccc21. The van der Waals surface area contributed by atoms with Crippen molar-refractivity contribution >= 4 is 16.7 Å². The van der Waals surface area contributed by atoms with Crippen LogP contribution in [-0.2, 0) is 13.1 Å². The Morgan fingerprint density at radius 1 is 0.857 bits per heavy atom. The Balaban J connectivity index is 1.90. The van der Waals surface area contributed by atoms with Gasteiger partial charge in [0.2, 0.25) is 5.62 Å². The topological polar surface area (TPSA) is 22.2 Å². The maximum absolute atomic E-state index is 13.3. The molecular formula is C24H22FN3. The first-order valence-corrected chi connectivity index (χ1v) is 9.28. The quantitative estimate of drug-likeness (QED) is 0.459. The molecule has 0 spiro atoms. The first-order valence-electron chi connectivity index (χ1n) is 9.28. The summed E-state index contributed by atoms with van der Waals surface area (Å²) in [5, 5.41) is 0. The number of fused-ring (bicyclic) bond motifs is 1. The second kappa shape index (κ2) is 7.69. The van der Waals surface area contributed by atoms with E-state index in [0.29, 0.717) is 13.1 Å². The van der Waals surface area contributed by atoms with Gasteiger partial charge in [-0.25, -0.2) is 9.38 Å². The number of hydrogen-bond acceptors (Lipinski definition) is 1. The van der Waals surface area contributed by atoms with Crippen molar-refractivity contribution in [3.8, 4) is 0 Å². The molecule has 3 aromatic carbocycles. The second-order valence-corrected chi connectivity index (χ2v) is 6.87. The highest BCUT2D eigenvalue weighted by molar-refractivity contribution is 5.79. The minimum atomic E-state index is -0.230. The van der Waals surface area contributed by atoms with Crippen LogP contribution < -0.4 is 5.62 Å².